The van der Waals surface area contributed by atoms with E-state index in [1.165, 1.54) is 0 Å². The Kier molecular flexibility index (Phi) is 2.16. The van der Waals surface area contributed by atoms with Crippen LogP contribution in [0.4, 0.5) is 0 Å². The molecule has 9 heavy (non-hydrogen) atoms. The summed E-state index contributed by atoms with van der Waals surface area (Å²) in [5, 5.41) is 0.750. The van der Waals surface area contributed by atoms with E-state index in [4.69, 9.17) is 0 Å². The van der Waals surface area contributed by atoms with E-state index in [9.17, 15) is 0 Å². The third-order valence-corrected chi connectivity index (χ3v) is 1.47. The first-order valence-corrected chi connectivity index (χ1v) is 3.64. The van der Waals surface area contributed by atoms with E-state index >= 15 is 0 Å². The number of nitrogens with zero attached hydrogens (tertiary/aromatic N) is 2. The molecule has 3 heteroatoms. The molecule has 0 aliphatic carbocycles. The minimum absolute atomic E-state index is 0.708. The van der Waals surface area contributed by atoms with Crippen molar-refractivity contribution in [1.82, 2.24) is 9.97 Å². The lowest BCUT2D eigenvalue weighted by Crippen LogP contribution is -1.87. The van der Waals surface area contributed by atoms with Crippen LogP contribution in [0.15, 0.2) is 12.4 Å². The van der Waals surface area contributed by atoms with Gasteiger partial charge >= 0.3 is 0 Å². The topological polar surface area (TPSA) is 25.8 Å². The van der Waals surface area contributed by atoms with Crippen molar-refractivity contribution in [2.45, 2.75) is 5.33 Å². The Balaban J connectivity index is 2.88. The van der Waals surface area contributed by atoms with Crippen molar-refractivity contribution in [3.05, 3.63) is 30.7 Å². The van der Waals surface area contributed by atoms with Crippen molar-refractivity contribution in [2.75, 3.05) is 0 Å². The maximum absolute atomic E-state index is 4.02. The molecule has 1 rings (SSSR count). The highest BCUT2D eigenvalue weighted by molar-refractivity contribution is 9.08. The summed E-state index contributed by atoms with van der Waals surface area (Å²) >= 11 is 3.26. The van der Waals surface area contributed by atoms with Crippen LogP contribution in [0.5, 0.6) is 0 Å². The Morgan fingerprint density at radius 2 is 2.22 bits per heavy atom. The van der Waals surface area contributed by atoms with Gasteiger partial charge in [-0.05, 0) is 6.92 Å². The van der Waals surface area contributed by atoms with Gasteiger partial charge in [0.25, 0.3) is 0 Å². The van der Waals surface area contributed by atoms with E-state index in [0.29, 0.717) is 5.69 Å². The normalized spacial score (nSPS) is 9.56. The molecule has 0 amide bonds. The zero-order chi connectivity index (χ0) is 6.69. The van der Waals surface area contributed by atoms with Crippen LogP contribution < -0.4 is 0 Å². The molecule has 0 spiro atoms. The van der Waals surface area contributed by atoms with Crippen LogP contribution >= 0.6 is 15.9 Å². The fourth-order valence-corrected chi connectivity index (χ4v) is 0.740. The molecule has 0 saturated heterocycles. The highest BCUT2D eigenvalue weighted by Gasteiger charge is 1.88. The Bertz CT molecular complexity index is 183. The highest BCUT2D eigenvalue weighted by Crippen LogP contribution is 1.98. The molecule has 0 N–H and O–H groups in total. The summed E-state index contributed by atoms with van der Waals surface area (Å²) in [7, 11) is 0. The van der Waals surface area contributed by atoms with Gasteiger partial charge in [0.1, 0.15) is 0 Å². The predicted molar refractivity (Wildman–Crippen MR) is 39.1 cm³/mol. The third-order valence-electron chi connectivity index (χ3n) is 0.896. The number of rotatable bonds is 1. The Labute approximate surface area is 62.5 Å². The summed E-state index contributed by atoms with van der Waals surface area (Å²) in [6.45, 7) is 3.61. The van der Waals surface area contributed by atoms with Gasteiger partial charge in [-0.25, -0.2) is 0 Å². The second-order valence-electron chi connectivity index (χ2n) is 1.63. The summed E-state index contributed by atoms with van der Waals surface area (Å²) in [5.41, 5.74) is 1.64. The molecule has 1 radical (unpaired) electrons. The second-order valence-corrected chi connectivity index (χ2v) is 2.19. The van der Waals surface area contributed by atoms with Gasteiger partial charge in [-0.3, -0.25) is 9.97 Å². The molecule has 2 nitrogen and oxygen atoms in total. The van der Waals surface area contributed by atoms with E-state index in [1.54, 1.807) is 12.4 Å². The van der Waals surface area contributed by atoms with E-state index in [1.807, 2.05) is 0 Å². The van der Waals surface area contributed by atoms with Crippen LogP contribution in [0.3, 0.4) is 0 Å². The Morgan fingerprint density at radius 3 is 2.67 bits per heavy atom. The lowest BCUT2D eigenvalue weighted by Gasteiger charge is -1.91. The van der Waals surface area contributed by atoms with E-state index in [2.05, 4.69) is 32.8 Å². The first kappa shape index (κ1) is 6.68. The molecule has 47 valence electrons. The summed E-state index contributed by atoms with van der Waals surface area (Å²) in [6, 6.07) is 0. The highest BCUT2D eigenvalue weighted by atomic mass is 79.9. The molecule has 0 aliphatic heterocycles. The molecular weight excluding hydrogens is 180 g/mol. The first-order chi connectivity index (χ1) is 4.33. The summed E-state index contributed by atoms with van der Waals surface area (Å²) in [5.74, 6) is 0. The zero-order valence-corrected chi connectivity index (χ0v) is 6.43. The van der Waals surface area contributed by atoms with Crippen LogP contribution in [-0.4, -0.2) is 9.97 Å². The van der Waals surface area contributed by atoms with Gasteiger partial charge < -0.3 is 0 Å². The minimum Gasteiger partial charge on any atom is -0.258 e. The fourth-order valence-electron chi connectivity index (χ4n) is 0.451. The molecule has 0 saturated carbocycles. The lowest BCUT2D eigenvalue weighted by atomic mass is 10.4. The maximum Gasteiger partial charge on any atom is 0.0692 e. The van der Waals surface area contributed by atoms with Crippen molar-refractivity contribution in [3.63, 3.8) is 0 Å². The average molecular weight is 186 g/mol. The average Bonchev–Trinajstić information content (AvgIpc) is 1.90. The number of hydrogen-bond donors (Lipinski definition) is 0. The summed E-state index contributed by atoms with van der Waals surface area (Å²) in [4.78, 5) is 7.97. The number of halogens is 1. The Hall–Kier alpha value is -0.440. The number of aromatic nitrogens is 2. The molecule has 1 heterocycles. The van der Waals surface area contributed by atoms with Gasteiger partial charge in [0.2, 0.25) is 0 Å². The van der Waals surface area contributed by atoms with E-state index in [-0.39, 0.29) is 0 Å². The number of alkyl halides is 1. The van der Waals surface area contributed by atoms with E-state index < -0.39 is 0 Å². The van der Waals surface area contributed by atoms with Crippen molar-refractivity contribution in [1.29, 1.82) is 0 Å². The molecule has 0 aliphatic rings. The monoisotopic (exact) mass is 185 g/mol. The van der Waals surface area contributed by atoms with Crippen LogP contribution in [0.1, 0.15) is 11.4 Å². The molecule has 1 aromatic rings. The molecule has 0 aromatic carbocycles. The molecular formula is C6H6BrN2. The summed E-state index contributed by atoms with van der Waals surface area (Å²) < 4.78 is 0. The third kappa shape index (κ3) is 1.75. The SMILES string of the molecule is [CH2]c1cnc(CBr)cn1. The minimum atomic E-state index is 0.708. The molecule has 1 aromatic heterocycles. The summed E-state index contributed by atoms with van der Waals surface area (Å²) in [6.07, 6.45) is 3.35. The van der Waals surface area contributed by atoms with Crippen LogP contribution in [0.25, 0.3) is 0 Å². The quantitative estimate of drug-likeness (QED) is 0.622. The standard InChI is InChI=1S/C6H6BrN2/c1-5-3-9-6(2-7)4-8-5/h3-4H,1-2H2. The van der Waals surface area contributed by atoms with Crippen molar-refractivity contribution in [2.24, 2.45) is 0 Å². The smallest absolute Gasteiger partial charge is 0.0692 e. The van der Waals surface area contributed by atoms with Crippen LogP contribution in [0, 0.1) is 6.92 Å². The van der Waals surface area contributed by atoms with E-state index in [0.717, 1.165) is 11.0 Å². The van der Waals surface area contributed by atoms with Crippen molar-refractivity contribution in [3.8, 4) is 0 Å². The Morgan fingerprint density at radius 1 is 1.44 bits per heavy atom. The fraction of sp³-hybridized carbons (Fsp3) is 0.167. The van der Waals surface area contributed by atoms with Crippen molar-refractivity contribution >= 4 is 15.9 Å². The first-order valence-electron chi connectivity index (χ1n) is 2.52. The molecule has 0 bridgehead atoms. The second kappa shape index (κ2) is 2.92. The molecule has 0 atom stereocenters. The molecule has 0 unspecified atom stereocenters. The number of hydrogen-bond acceptors (Lipinski definition) is 2. The van der Waals surface area contributed by atoms with Gasteiger partial charge in [0.05, 0.1) is 11.4 Å². The maximum atomic E-state index is 4.02. The van der Waals surface area contributed by atoms with Gasteiger partial charge in [0, 0.05) is 17.7 Å². The zero-order valence-electron chi connectivity index (χ0n) is 4.84. The van der Waals surface area contributed by atoms with Gasteiger partial charge in [-0.15, -0.1) is 0 Å². The van der Waals surface area contributed by atoms with Gasteiger partial charge in [-0.2, -0.15) is 0 Å². The predicted octanol–water partition coefficient (Wildman–Crippen LogP) is 1.55. The van der Waals surface area contributed by atoms with Crippen LogP contribution in [0.2, 0.25) is 0 Å². The van der Waals surface area contributed by atoms with Crippen molar-refractivity contribution < 1.29 is 0 Å². The molecule has 0 fully saturated rings. The van der Waals surface area contributed by atoms with Crippen LogP contribution in [-0.2, 0) is 5.33 Å². The lowest BCUT2D eigenvalue weighted by molar-refractivity contribution is 1.08. The van der Waals surface area contributed by atoms with Gasteiger partial charge in [0.15, 0.2) is 0 Å². The largest absolute Gasteiger partial charge is 0.258 e. The van der Waals surface area contributed by atoms with Gasteiger partial charge in [-0.1, -0.05) is 15.9 Å².